The Kier molecular flexibility index (Phi) is 6.19. The highest BCUT2D eigenvalue weighted by atomic mass is 35.5. The number of thiazole rings is 1. The van der Waals surface area contributed by atoms with Crippen LogP contribution in [-0.4, -0.2) is 18.9 Å². The summed E-state index contributed by atoms with van der Waals surface area (Å²) in [6.07, 6.45) is 0. The van der Waals surface area contributed by atoms with Gasteiger partial charge < -0.3 is 4.57 Å². The average Bonchev–Trinajstić information content (AvgIpc) is 3.09. The summed E-state index contributed by atoms with van der Waals surface area (Å²) in [5, 5.41) is 0.607. The molecule has 0 saturated carbocycles. The van der Waals surface area contributed by atoms with E-state index < -0.39 is 15.9 Å². The summed E-state index contributed by atoms with van der Waals surface area (Å²) in [5.74, 6) is -0.535. The molecule has 0 saturated heterocycles. The molecule has 4 aromatic rings. The van der Waals surface area contributed by atoms with E-state index in [0.29, 0.717) is 16.4 Å². The van der Waals surface area contributed by atoms with E-state index in [2.05, 4.69) is 9.71 Å². The van der Waals surface area contributed by atoms with E-state index in [-0.39, 0.29) is 16.1 Å². The van der Waals surface area contributed by atoms with Gasteiger partial charge in [0.15, 0.2) is 4.80 Å². The number of halogens is 1. The molecule has 1 amide bonds. The number of benzene rings is 3. The minimum atomic E-state index is -3.86. The molecule has 0 fully saturated rings. The third-order valence-electron chi connectivity index (χ3n) is 4.89. The quantitative estimate of drug-likeness (QED) is 0.420. The van der Waals surface area contributed by atoms with Crippen molar-refractivity contribution in [2.45, 2.75) is 25.3 Å². The molecular formula is C23H20ClN3O3S2. The molecule has 6 nitrogen and oxygen atoms in total. The van der Waals surface area contributed by atoms with Crippen LogP contribution in [0.25, 0.3) is 10.2 Å². The molecule has 0 unspecified atom stereocenters. The number of para-hydroxylation sites is 1. The molecule has 0 aliphatic rings. The van der Waals surface area contributed by atoms with E-state index in [4.69, 9.17) is 11.6 Å². The van der Waals surface area contributed by atoms with Crippen molar-refractivity contribution < 1.29 is 13.2 Å². The number of sulfonamides is 1. The van der Waals surface area contributed by atoms with Crippen molar-refractivity contribution in [2.24, 2.45) is 4.99 Å². The molecule has 32 heavy (non-hydrogen) atoms. The zero-order chi connectivity index (χ0) is 22.9. The second-order valence-corrected chi connectivity index (χ2v) is 10.2. The Labute approximate surface area is 194 Å². The van der Waals surface area contributed by atoms with Crippen LogP contribution in [-0.2, 0) is 16.6 Å². The lowest BCUT2D eigenvalue weighted by Crippen LogP contribution is -2.18. The second-order valence-electron chi connectivity index (χ2n) is 7.12. The maximum absolute atomic E-state index is 13.1. The Morgan fingerprint density at radius 3 is 2.53 bits per heavy atom. The largest absolute Gasteiger partial charge is 0.317 e. The number of amides is 1. The molecule has 3 aromatic carbocycles. The van der Waals surface area contributed by atoms with Crippen molar-refractivity contribution in [1.82, 2.24) is 4.57 Å². The maximum atomic E-state index is 13.1. The summed E-state index contributed by atoms with van der Waals surface area (Å²) in [6.45, 7) is 4.47. The fourth-order valence-corrected chi connectivity index (χ4v) is 5.71. The van der Waals surface area contributed by atoms with E-state index in [1.807, 2.05) is 30.5 Å². The maximum Gasteiger partial charge on any atom is 0.281 e. The van der Waals surface area contributed by atoms with Gasteiger partial charge in [0.1, 0.15) is 0 Å². The topological polar surface area (TPSA) is 80.5 Å². The summed E-state index contributed by atoms with van der Waals surface area (Å²) >= 11 is 7.46. The highest BCUT2D eigenvalue weighted by Crippen LogP contribution is 2.23. The minimum Gasteiger partial charge on any atom is -0.317 e. The van der Waals surface area contributed by atoms with Crippen molar-refractivity contribution in [2.75, 3.05) is 4.72 Å². The number of carbonyl (C=O) groups is 1. The first-order chi connectivity index (χ1) is 15.3. The third-order valence-corrected chi connectivity index (χ3v) is 7.55. The van der Waals surface area contributed by atoms with Crippen molar-refractivity contribution in [3.63, 3.8) is 0 Å². The van der Waals surface area contributed by atoms with Gasteiger partial charge in [0.25, 0.3) is 15.9 Å². The summed E-state index contributed by atoms with van der Waals surface area (Å²) in [7, 11) is -3.86. The Morgan fingerprint density at radius 1 is 1.09 bits per heavy atom. The molecule has 0 aliphatic carbocycles. The van der Waals surface area contributed by atoms with E-state index in [0.717, 1.165) is 15.8 Å². The zero-order valence-electron chi connectivity index (χ0n) is 17.4. The van der Waals surface area contributed by atoms with Crippen molar-refractivity contribution in [3.05, 3.63) is 87.7 Å². The number of carbonyl (C=O) groups excluding carboxylic acids is 1. The number of rotatable bonds is 5. The standard InChI is InChI=1S/C23H20ClN3O3S2/c1-3-27-20-13-10-16(24)14-21(20)31-23(27)25-22(28)18-6-4-5-7-19(18)26-32(29,30)17-11-8-15(2)9-12-17/h4-14,26H,3H2,1-2H3. The van der Waals surface area contributed by atoms with Crippen LogP contribution >= 0.6 is 22.9 Å². The molecule has 4 rings (SSSR count). The SMILES string of the molecule is CCn1c(=NC(=O)c2ccccc2NS(=O)(=O)c2ccc(C)cc2)sc2cc(Cl)ccc21. The molecule has 0 aliphatic heterocycles. The van der Waals surface area contributed by atoms with Gasteiger partial charge in [-0.15, -0.1) is 0 Å². The van der Waals surface area contributed by atoms with Crippen LogP contribution in [0.5, 0.6) is 0 Å². The summed E-state index contributed by atoms with van der Waals surface area (Å²) < 4.78 is 31.0. The highest BCUT2D eigenvalue weighted by Gasteiger charge is 2.19. The number of aryl methyl sites for hydroxylation is 2. The van der Waals surface area contributed by atoms with Gasteiger partial charge in [0.2, 0.25) is 0 Å². The summed E-state index contributed by atoms with van der Waals surface area (Å²) in [5.41, 5.74) is 2.23. The van der Waals surface area contributed by atoms with Gasteiger partial charge >= 0.3 is 0 Å². The number of fused-ring (bicyclic) bond motifs is 1. The number of anilines is 1. The monoisotopic (exact) mass is 485 g/mol. The van der Waals surface area contributed by atoms with Gasteiger partial charge in [0, 0.05) is 11.6 Å². The number of nitrogens with one attached hydrogen (secondary N) is 1. The smallest absolute Gasteiger partial charge is 0.281 e. The van der Waals surface area contributed by atoms with Crippen LogP contribution in [0.4, 0.5) is 5.69 Å². The fraction of sp³-hybridized carbons (Fsp3) is 0.130. The first kappa shape index (κ1) is 22.3. The molecule has 0 bridgehead atoms. The second kappa shape index (κ2) is 8.90. The predicted molar refractivity (Wildman–Crippen MR) is 129 cm³/mol. The van der Waals surface area contributed by atoms with Gasteiger partial charge in [-0.25, -0.2) is 8.42 Å². The number of hydrogen-bond donors (Lipinski definition) is 1. The molecular weight excluding hydrogens is 466 g/mol. The first-order valence-electron chi connectivity index (χ1n) is 9.85. The Bertz CT molecular complexity index is 1490. The molecule has 0 spiro atoms. The lowest BCUT2D eigenvalue weighted by molar-refractivity contribution is 0.0998. The molecule has 1 heterocycles. The van der Waals surface area contributed by atoms with Gasteiger partial charge in [-0.3, -0.25) is 9.52 Å². The molecule has 1 N–H and O–H groups in total. The normalized spacial score (nSPS) is 12.3. The van der Waals surface area contributed by atoms with Crippen LogP contribution in [0.3, 0.4) is 0 Å². The lowest BCUT2D eigenvalue weighted by Gasteiger charge is -2.11. The van der Waals surface area contributed by atoms with Gasteiger partial charge in [0.05, 0.1) is 26.4 Å². The highest BCUT2D eigenvalue weighted by molar-refractivity contribution is 7.92. The van der Waals surface area contributed by atoms with E-state index in [9.17, 15) is 13.2 Å². The van der Waals surface area contributed by atoms with E-state index in [1.54, 1.807) is 42.5 Å². The van der Waals surface area contributed by atoms with Crippen molar-refractivity contribution >= 4 is 54.8 Å². The zero-order valence-corrected chi connectivity index (χ0v) is 19.8. The van der Waals surface area contributed by atoms with E-state index in [1.165, 1.54) is 23.5 Å². The lowest BCUT2D eigenvalue weighted by atomic mass is 10.2. The van der Waals surface area contributed by atoms with Crippen LogP contribution in [0.2, 0.25) is 5.02 Å². The molecule has 0 radical (unpaired) electrons. The van der Waals surface area contributed by atoms with Crippen molar-refractivity contribution in [3.8, 4) is 0 Å². The van der Waals surface area contributed by atoms with Crippen molar-refractivity contribution in [1.29, 1.82) is 0 Å². The summed E-state index contributed by atoms with van der Waals surface area (Å²) in [4.78, 5) is 18.0. The van der Waals surface area contributed by atoms with Gasteiger partial charge in [-0.2, -0.15) is 4.99 Å². The molecule has 164 valence electrons. The fourth-order valence-electron chi connectivity index (χ4n) is 3.26. The van der Waals surface area contributed by atoms with E-state index >= 15 is 0 Å². The average molecular weight is 486 g/mol. The molecule has 1 aromatic heterocycles. The number of hydrogen-bond acceptors (Lipinski definition) is 4. The third kappa shape index (κ3) is 4.48. The minimum absolute atomic E-state index is 0.118. The Balaban J connectivity index is 1.74. The van der Waals surface area contributed by atoms with Crippen LogP contribution in [0.1, 0.15) is 22.8 Å². The van der Waals surface area contributed by atoms with Crippen LogP contribution in [0.15, 0.2) is 76.6 Å². The van der Waals surface area contributed by atoms with Crippen LogP contribution in [0, 0.1) is 6.92 Å². The Hall–Kier alpha value is -2.94. The molecule has 0 atom stereocenters. The van der Waals surface area contributed by atoms with Crippen LogP contribution < -0.4 is 9.52 Å². The number of aromatic nitrogens is 1. The van der Waals surface area contributed by atoms with Gasteiger partial charge in [-0.1, -0.05) is 52.8 Å². The predicted octanol–water partition coefficient (Wildman–Crippen LogP) is 5.23. The molecule has 9 heteroatoms. The Morgan fingerprint density at radius 2 is 1.81 bits per heavy atom. The first-order valence-corrected chi connectivity index (χ1v) is 12.5. The van der Waals surface area contributed by atoms with Gasteiger partial charge in [-0.05, 0) is 56.3 Å². The number of nitrogens with zero attached hydrogens (tertiary/aromatic N) is 2. The summed E-state index contributed by atoms with van der Waals surface area (Å²) in [6, 6.07) is 18.5.